The lowest BCUT2D eigenvalue weighted by Crippen LogP contribution is -2.31. The second-order valence-electron chi connectivity index (χ2n) is 15.4. The van der Waals surface area contributed by atoms with Crippen molar-refractivity contribution in [3.63, 3.8) is 0 Å². The van der Waals surface area contributed by atoms with Crippen molar-refractivity contribution in [2.75, 3.05) is 0 Å². The fourth-order valence-corrected chi connectivity index (χ4v) is 9.17. The molecule has 3 heterocycles. The molecule has 60 heavy (non-hydrogen) atoms. The molecule has 0 amide bonds. The van der Waals surface area contributed by atoms with Crippen molar-refractivity contribution >= 4 is 27.5 Å². The first kappa shape index (κ1) is 36.5. The second kappa shape index (κ2) is 14.8. The van der Waals surface area contributed by atoms with Gasteiger partial charge in [0.2, 0.25) is 0 Å². The topological polar surface area (TPSA) is 52.9 Å². The number of fused-ring (bicyclic) bond motifs is 3. The zero-order valence-electron chi connectivity index (χ0n) is 33.6. The zero-order chi connectivity index (χ0) is 40.8. The lowest BCUT2D eigenvalue weighted by Gasteiger charge is -2.37. The highest BCUT2D eigenvalue weighted by molar-refractivity contribution is 6.09. The van der Waals surface area contributed by atoms with Crippen LogP contribution in [-0.2, 0) is 5.41 Å². The van der Waals surface area contributed by atoms with Gasteiger partial charge < -0.3 is 0 Å². The summed E-state index contributed by atoms with van der Waals surface area (Å²) in [4.78, 5) is 8.99. The van der Waals surface area contributed by atoms with E-state index < -0.39 is 5.41 Å². The van der Waals surface area contributed by atoms with Gasteiger partial charge in [0.05, 0.1) is 28.7 Å². The Bertz CT molecular complexity index is 3190. The van der Waals surface area contributed by atoms with E-state index in [1.54, 1.807) is 0 Å². The standard InChI is InChI=1S/C54H40N6/c1-36-18-11-12-25-45(36)53-58-57-52(60(53)51-37(2)19-17-20-38(51)3)39-32-43(34-44(33-39)55-4)54(40-21-7-5-8-22-40,41-23-9-6-10-24-41)42-29-30-47-46-26-13-14-27-48(46)59(49(47)35-42)50-28-15-16-31-56-50/h5-35H,1-3H3. The smallest absolute Gasteiger partial charge is 0.188 e. The highest BCUT2D eigenvalue weighted by atomic mass is 15.3. The van der Waals surface area contributed by atoms with Crippen LogP contribution in [0.5, 0.6) is 0 Å². The molecule has 0 atom stereocenters. The summed E-state index contributed by atoms with van der Waals surface area (Å²) in [6.45, 7) is 14.9. The summed E-state index contributed by atoms with van der Waals surface area (Å²) < 4.78 is 4.44. The lowest BCUT2D eigenvalue weighted by molar-refractivity contribution is 0.746. The molecule has 0 aliphatic carbocycles. The normalized spacial score (nSPS) is 11.6. The van der Waals surface area contributed by atoms with Gasteiger partial charge in [-0.05, 0) is 96.1 Å². The van der Waals surface area contributed by atoms with E-state index in [1.807, 2.05) is 36.5 Å². The Labute approximate surface area is 349 Å². The van der Waals surface area contributed by atoms with E-state index in [0.29, 0.717) is 11.5 Å². The molecule has 0 fully saturated rings. The average Bonchev–Trinajstić information content (AvgIpc) is 3.87. The van der Waals surface area contributed by atoms with Gasteiger partial charge in [0.25, 0.3) is 0 Å². The van der Waals surface area contributed by atoms with Crippen molar-refractivity contribution in [3.05, 3.63) is 239 Å². The van der Waals surface area contributed by atoms with Gasteiger partial charge in [0.15, 0.2) is 17.3 Å². The van der Waals surface area contributed by atoms with E-state index in [2.05, 4.69) is 186 Å². The molecule has 0 aliphatic heterocycles. The molecule has 0 unspecified atom stereocenters. The maximum atomic E-state index is 8.54. The van der Waals surface area contributed by atoms with Crippen molar-refractivity contribution < 1.29 is 0 Å². The van der Waals surface area contributed by atoms with Crippen molar-refractivity contribution in [1.29, 1.82) is 0 Å². The first-order chi connectivity index (χ1) is 29.5. The van der Waals surface area contributed by atoms with Gasteiger partial charge in [-0.25, -0.2) is 9.83 Å². The Kier molecular flexibility index (Phi) is 9.00. The summed E-state index contributed by atoms with van der Waals surface area (Å²) in [5.74, 6) is 2.26. The van der Waals surface area contributed by atoms with Gasteiger partial charge in [-0.2, -0.15) is 0 Å². The Hall–Kier alpha value is -7.88. The number of para-hydroxylation sites is 2. The van der Waals surface area contributed by atoms with Crippen molar-refractivity contribution in [2.45, 2.75) is 26.2 Å². The van der Waals surface area contributed by atoms with Crippen LogP contribution in [0.2, 0.25) is 0 Å². The molecule has 0 saturated carbocycles. The third kappa shape index (κ3) is 5.82. The molecule has 10 rings (SSSR count). The summed E-state index contributed by atoms with van der Waals surface area (Å²) >= 11 is 0. The molecule has 3 aromatic heterocycles. The highest BCUT2D eigenvalue weighted by Gasteiger charge is 2.40. The van der Waals surface area contributed by atoms with E-state index in [1.165, 1.54) is 0 Å². The number of nitrogens with zero attached hydrogens (tertiary/aromatic N) is 6. The van der Waals surface area contributed by atoms with Gasteiger partial charge in [0, 0.05) is 28.1 Å². The summed E-state index contributed by atoms with van der Waals surface area (Å²) in [7, 11) is 0. The van der Waals surface area contributed by atoms with Gasteiger partial charge >= 0.3 is 0 Å². The number of hydrogen-bond acceptors (Lipinski definition) is 3. The predicted octanol–water partition coefficient (Wildman–Crippen LogP) is 13.0. The number of aromatic nitrogens is 5. The van der Waals surface area contributed by atoms with Crippen LogP contribution in [0.3, 0.4) is 0 Å². The minimum Gasteiger partial charge on any atom is -0.294 e. The van der Waals surface area contributed by atoms with E-state index >= 15 is 0 Å². The fourth-order valence-electron chi connectivity index (χ4n) is 9.17. The molecule has 0 N–H and O–H groups in total. The predicted molar refractivity (Wildman–Crippen MR) is 243 cm³/mol. The summed E-state index contributed by atoms with van der Waals surface area (Å²) in [5, 5.41) is 12.2. The van der Waals surface area contributed by atoms with Gasteiger partial charge in [-0.1, -0.05) is 146 Å². The van der Waals surface area contributed by atoms with Crippen molar-refractivity contribution in [3.8, 4) is 34.3 Å². The Balaban J connectivity index is 1.32. The number of benzene rings is 7. The molecule has 10 aromatic rings. The molecule has 0 bridgehead atoms. The van der Waals surface area contributed by atoms with Crippen LogP contribution in [0.15, 0.2) is 188 Å². The first-order valence-electron chi connectivity index (χ1n) is 20.1. The number of aryl methyl sites for hydroxylation is 3. The largest absolute Gasteiger partial charge is 0.294 e. The monoisotopic (exact) mass is 772 g/mol. The molecule has 0 aliphatic rings. The second-order valence-corrected chi connectivity index (χ2v) is 15.4. The van der Waals surface area contributed by atoms with Crippen LogP contribution in [0, 0.1) is 27.3 Å². The molecule has 0 radical (unpaired) electrons. The van der Waals surface area contributed by atoms with Crippen LogP contribution in [0.1, 0.15) is 38.9 Å². The molecule has 7 aromatic carbocycles. The van der Waals surface area contributed by atoms with Gasteiger partial charge in [-0.3, -0.25) is 9.13 Å². The van der Waals surface area contributed by atoms with Crippen molar-refractivity contribution in [2.24, 2.45) is 0 Å². The maximum absolute atomic E-state index is 8.54. The minimum atomic E-state index is -0.875. The molecule has 0 saturated heterocycles. The van der Waals surface area contributed by atoms with Gasteiger partial charge in [-0.15, -0.1) is 10.2 Å². The van der Waals surface area contributed by atoms with Crippen molar-refractivity contribution in [1.82, 2.24) is 24.3 Å². The Morgan fingerprint density at radius 2 is 1.12 bits per heavy atom. The summed E-state index contributed by atoms with van der Waals surface area (Å²) in [5.41, 5.74) is 12.0. The van der Waals surface area contributed by atoms with E-state index in [-0.39, 0.29) is 0 Å². The molecule has 6 heteroatoms. The molecular formula is C54H40N6. The first-order valence-corrected chi connectivity index (χ1v) is 20.1. The number of hydrogen-bond donors (Lipinski definition) is 0. The number of pyridine rings is 1. The minimum absolute atomic E-state index is 0.510. The number of rotatable bonds is 8. The Morgan fingerprint density at radius 3 is 1.82 bits per heavy atom. The lowest BCUT2D eigenvalue weighted by atomic mass is 9.64. The Morgan fingerprint density at radius 1 is 0.483 bits per heavy atom. The third-order valence-electron chi connectivity index (χ3n) is 11.8. The van der Waals surface area contributed by atoms with Crippen LogP contribution in [-0.4, -0.2) is 24.3 Å². The van der Waals surface area contributed by atoms with Crippen LogP contribution >= 0.6 is 0 Å². The molecule has 6 nitrogen and oxygen atoms in total. The van der Waals surface area contributed by atoms with Gasteiger partial charge in [0.1, 0.15) is 5.82 Å². The molecular weight excluding hydrogens is 733 g/mol. The fraction of sp³-hybridized carbons (Fsp3) is 0.0741. The van der Waals surface area contributed by atoms with E-state index in [9.17, 15) is 0 Å². The summed E-state index contributed by atoms with van der Waals surface area (Å²) in [6, 6.07) is 63.6. The van der Waals surface area contributed by atoms with E-state index in [0.717, 1.165) is 89.2 Å². The van der Waals surface area contributed by atoms with Crippen LogP contribution < -0.4 is 0 Å². The zero-order valence-corrected chi connectivity index (χ0v) is 33.6. The maximum Gasteiger partial charge on any atom is 0.188 e. The van der Waals surface area contributed by atoms with E-state index in [4.69, 9.17) is 21.8 Å². The quantitative estimate of drug-likeness (QED) is 0.114. The SMILES string of the molecule is [C-]#[N+]c1cc(-c2nnc(-c3ccccc3C)n2-c2c(C)cccc2C)cc(C(c2ccccc2)(c2ccccc2)c2ccc3c4ccccc4n(-c4ccccn4)c3c2)c1. The highest BCUT2D eigenvalue weighted by Crippen LogP contribution is 2.49. The molecule has 0 spiro atoms. The van der Waals surface area contributed by atoms with Crippen LogP contribution in [0.4, 0.5) is 5.69 Å². The third-order valence-corrected chi connectivity index (χ3v) is 11.8. The van der Waals surface area contributed by atoms with Crippen LogP contribution in [0.25, 0.3) is 60.9 Å². The average molecular weight is 773 g/mol. The summed E-state index contributed by atoms with van der Waals surface area (Å²) in [6.07, 6.45) is 1.84. The molecule has 286 valence electrons.